The monoisotopic (exact) mass is 304 g/mol. The van der Waals surface area contributed by atoms with Crippen molar-refractivity contribution in [1.82, 2.24) is 0 Å². The van der Waals surface area contributed by atoms with Gasteiger partial charge >= 0.3 is 5.97 Å². The van der Waals surface area contributed by atoms with E-state index in [-0.39, 0.29) is 17.1 Å². The van der Waals surface area contributed by atoms with E-state index in [0.29, 0.717) is 12.0 Å². The molecule has 0 aromatic heterocycles. The van der Waals surface area contributed by atoms with Crippen molar-refractivity contribution in [1.29, 1.82) is 0 Å². The second-order valence-corrected chi connectivity index (χ2v) is 5.56. The molecule has 0 radical (unpaired) electrons. The van der Waals surface area contributed by atoms with E-state index in [4.69, 9.17) is 4.74 Å². The van der Waals surface area contributed by atoms with Crippen LogP contribution in [0.15, 0.2) is 35.4 Å². The van der Waals surface area contributed by atoms with E-state index in [9.17, 15) is 15.0 Å². The molecule has 0 heterocycles. The number of benzene rings is 1. The minimum absolute atomic E-state index is 0.103. The Hall–Kier alpha value is -2.23. The minimum Gasteiger partial charge on any atom is -0.508 e. The normalized spacial score (nSPS) is 11.2. The number of carbonyl (C=O) groups is 1. The van der Waals surface area contributed by atoms with Crippen molar-refractivity contribution in [3.05, 3.63) is 46.6 Å². The molecule has 2 N–H and O–H groups in total. The summed E-state index contributed by atoms with van der Waals surface area (Å²) in [6, 6.07) is 2.54. The van der Waals surface area contributed by atoms with E-state index in [2.05, 4.69) is 19.9 Å². The molecular weight excluding hydrogens is 280 g/mol. The molecule has 22 heavy (non-hydrogen) atoms. The van der Waals surface area contributed by atoms with Gasteiger partial charge in [0.25, 0.3) is 0 Å². The van der Waals surface area contributed by atoms with Crippen LogP contribution in [0.2, 0.25) is 0 Å². The fraction of sp³-hybridized carbons (Fsp3) is 0.389. The Morgan fingerprint density at radius 3 is 2.45 bits per heavy atom. The highest BCUT2D eigenvalue weighted by Crippen LogP contribution is 2.29. The van der Waals surface area contributed by atoms with E-state index in [0.717, 1.165) is 12.8 Å². The van der Waals surface area contributed by atoms with Gasteiger partial charge in [-0.15, -0.1) is 0 Å². The van der Waals surface area contributed by atoms with Gasteiger partial charge in [-0.25, -0.2) is 4.79 Å². The summed E-state index contributed by atoms with van der Waals surface area (Å²) in [6.07, 6.45) is 6.47. The summed E-state index contributed by atoms with van der Waals surface area (Å²) < 4.78 is 4.70. The second kappa shape index (κ2) is 8.27. The van der Waals surface area contributed by atoms with Gasteiger partial charge in [0.1, 0.15) is 11.5 Å². The van der Waals surface area contributed by atoms with Crippen LogP contribution in [-0.4, -0.2) is 23.3 Å². The number of ether oxygens (including phenoxy) is 1. The first kappa shape index (κ1) is 17.8. The van der Waals surface area contributed by atoms with Crippen molar-refractivity contribution in [2.45, 2.75) is 40.0 Å². The van der Waals surface area contributed by atoms with Crippen LogP contribution in [0.5, 0.6) is 11.5 Å². The summed E-state index contributed by atoms with van der Waals surface area (Å²) in [6.45, 7) is 6.15. The maximum atomic E-state index is 11.8. The Balaban J connectivity index is 2.93. The standard InChI is InChI=1S/C18H24O4/c1-12(2)6-5-7-13(3)8-9-15-16(18(21)22-4)10-14(19)11-17(15)20/h6,8,10-11,19-20H,5,7,9H2,1-4H3/b13-8+. The Labute approximate surface area is 131 Å². The van der Waals surface area contributed by atoms with E-state index < -0.39 is 5.97 Å². The number of carbonyl (C=O) groups excluding carboxylic acids is 1. The second-order valence-electron chi connectivity index (χ2n) is 5.56. The third-order valence-electron chi connectivity index (χ3n) is 3.36. The first-order chi connectivity index (χ1) is 10.3. The number of esters is 1. The molecule has 1 aromatic carbocycles. The van der Waals surface area contributed by atoms with Gasteiger partial charge in [0.15, 0.2) is 0 Å². The van der Waals surface area contributed by atoms with Crippen molar-refractivity contribution in [2.24, 2.45) is 0 Å². The van der Waals surface area contributed by atoms with E-state index in [1.54, 1.807) is 0 Å². The molecule has 0 spiro atoms. The molecule has 0 saturated carbocycles. The van der Waals surface area contributed by atoms with Crippen LogP contribution in [-0.2, 0) is 11.2 Å². The third-order valence-corrected chi connectivity index (χ3v) is 3.36. The zero-order valence-electron chi connectivity index (χ0n) is 13.6. The summed E-state index contributed by atoms with van der Waals surface area (Å²) in [5.74, 6) is -0.837. The Morgan fingerprint density at radius 2 is 1.86 bits per heavy atom. The lowest BCUT2D eigenvalue weighted by Gasteiger charge is -2.10. The SMILES string of the molecule is COC(=O)c1cc(O)cc(O)c1C/C=C(\C)CCC=C(C)C. The summed E-state index contributed by atoms with van der Waals surface area (Å²) in [7, 11) is 1.27. The topological polar surface area (TPSA) is 66.8 Å². The number of phenols is 2. The number of rotatable bonds is 6. The molecule has 0 amide bonds. The van der Waals surface area contributed by atoms with Crippen molar-refractivity contribution in [3.8, 4) is 11.5 Å². The van der Waals surface area contributed by atoms with E-state index in [1.807, 2.05) is 13.0 Å². The summed E-state index contributed by atoms with van der Waals surface area (Å²) >= 11 is 0. The lowest BCUT2D eigenvalue weighted by molar-refractivity contribution is 0.0598. The predicted molar refractivity (Wildman–Crippen MR) is 87.2 cm³/mol. The van der Waals surface area contributed by atoms with Crippen LogP contribution < -0.4 is 0 Å². The van der Waals surface area contributed by atoms with Gasteiger partial charge < -0.3 is 14.9 Å². The largest absolute Gasteiger partial charge is 0.508 e. The third kappa shape index (κ3) is 5.28. The molecule has 1 rings (SSSR count). The first-order valence-corrected chi connectivity index (χ1v) is 7.27. The number of phenolic OH excluding ortho intramolecular Hbond substituents is 2. The van der Waals surface area contributed by atoms with Gasteiger partial charge in [-0.1, -0.05) is 23.3 Å². The molecule has 0 unspecified atom stereocenters. The van der Waals surface area contributed by atoms with Crippen molar-refractivity contribution in [3.63, 3.8) is 0 Å². The highest BCUT2D eigenvalue weighted by atomic mass is 16.5. The molecule has 120 valence electrons. The van der Waals surface area contributed by atoms with E-state index >= 15 is 0 Å². The van der Waals surface area contributed by atoms with Crippen molar-refractivity contribution in [2.75, 3.05) is 7.11 Å². The molecular formula is C18H24O4. The van der Waals surface area contributed by atoms with Crippen LogP contribution in [0.1, 0.15) is 49.5 Å². The molecule has 0 fully saturated rings. The lowest BCUT2D eigenvalue weighted by Crippen LogP contribution is -2.05. The number of methoxy groups -OCH3 is 1. The highest BCUT2D eigenvalue weighted by Gasteiger charge is 2.16. The quantitative estimate of drug-likeness (QED) is 0.613. The van der Waals surface area contributed by atoms with Gasteiger partial charge in [-0.3, -0.25) is 0 Å². The van der Waals surface area contributed by atoms with Crippen LogP contribution in [0, 0.1) is 0 Å². The Morgan fingerprint density at radius 1 is 1.18 bits per heavy atom. The van der Waals surface area contributed by atoms with Crippen molar-refractivity contribution >= 4 is 5.97 Å². The molecule has 1 aromatic rings. The van der Waals surface area contributed by atoms with E-state index in [1.165, 1.54) is 30.4 Å². The summed E-state index contributed by atoms with van der Waals surface area (Å²) in [5.41, 5.74) is 3.12. The fourth-order valence-corrected chi connectivity index (χ4v) is 2.12. The Bertz CT molecular complexity index is 593. The zero-order chi connectivity index (χ0) is 16.7. The van der Waals surface area contributed by atoms with Gasteiger partial charge in [0.05, 0.1) is 12.7 Å². The minimum atomic E-state index is -0.572. The number of allylic oxidation sites excluding steroid dienone is 4. The van der Waals surface area contributed by atoms with Crippen LogP contribution in [0.4, 0.5) is 0 Å². The number of hydrogen-bond donors (Lipinski definition) is 2. The molecule has 4 heteroatoms. The molecule has 0 bridgehead atoms. The zero-order valence-corrected chi connectivity index (χ0v) is 13.6. The Kier molecular flexibility index (Phi) is 6.70. The fourth-order valence-electron chi connectivity index (χ4n) is 2.12. The lowest BCUT2D eigenvalue weighted by atomic mass is 10.0. The summed E-state index contributed by atoms with van der Waals surface area (Å²) in [4.78, 5) is 11.8. The molecule has 0 atom stereocenters. The van der Waals surface area contributed by atoms with Crippen LogP contribution in [0.3, 0.4) is 0 Å². The van der Waals surface area contributed by atoms with Crippen LogP contribution >= 0.6 is 0 Å². The maximum absolute atomic E-state index is 11.8. The van der Waals surface area contributed by atoms with Gasteiger partial charge in [-0.05, 0) is 46.1 Å². The summed E-state index contributed by atoms with van der Waals surface area (Å²) in [5, 5.41) is 19.5. The van der Waals surface area contributed by atoms with Crippen LogP contribution in [0.25, 0.3) is 0 Å². The maximum Gasteiger partial charge on any atom is 0.338 e. The van der Waals surface area contributed by atoms with Crippen molar-refractivity contribution < 1.29 is 19.7 Å². The van der Waals surface area contributed by atoms with Gasteiger partial charge in [0.2, 0.25) is 0 Å². The molecule has 0 aliphatic carbocycles. The average Bonchev–Trinajstić information content (AvgIpc) is 2.44. The molecule has 0 aliphatic rings. The average molecular weight is 304 g/mol. The number of hydrogen-bond acceptors (Lipinski definition) is 4. The smallest absolute Gasteiger partial charge is 0.338 e. The number of aromatic hydroxyl groups is 2. The molecule has 0 aliphatic heterocycles. The molecule has 4 nitrogen and oxygen atoms in total. The highest BCUT2D eigenvalue weighted by molar-refractivity contribution is 5.92. The first-order valence-electron chi connectivity index (χ1n) is 7.27. The van der Waals surface area contributed by atoms with Gasteiger partial charge in [-0.2, -0.15) is 0 Å². The van der Waals surface area contributed by atoms with Gasteiger partial charge in [0, 0.05) is 11.6 Å². The molecule has 0 saturated heterocycles. The predicted octanol–water partition coefficient (Wildman–Crippen LogP) is 4.12.